The molecule has 8 heteroatoms. The second-order valence-electron chi connectivity index (χ2n) is 4.89. The zero-order valence-corrected chi connectivity index (χ0v) is 13.4. The van der Waals surface area contributed by atoms with Crippen LogP contribution in [0.5, 0.6) is 0 Å². The fourth-order valence-electron chi connectivity index (χ4n) is 2.27. The maximum absolute atomic E-state index is 12.3. The number of nitrogens with one attached hydrogen (secondary N) is 1. The number of nitrogens with zero attached hydrogens (tertiary/aromatic N) is 1. The second kappa shape index (κ2) is 7.22. The number of piperidine rings is 1. The zero-order chi connectivity index (χ0) is 14.8. The molecule has 0 bridgehead atoms. The molecule has 1 aliphatic heterocycles. The van der Waals surface area contributed by atoms with Crippen LogP contribution in [0.1, 0.15) is 23.2 Å². The first-order chi connectivity index (χ1) is 9.44. The van der Waals surface area contributed by atoms with Crippen LogP contribution in [0.25, 0.3) is 0 Å². The molecule has 0 aromatic heterocycles. The van der Waals surface area contributed by atoms with Gasteiger partial charge in [-0.3, -0.25) is 4.79 Å². The SMILES string of the molecule is CNS(=O)(=O)c1ccc(C(=O)N2CCCC(N)C2)cc1.Cl. The third-order valence-corrected chi connectivity index (χ3v) is 4.86. The number of carbonyl (C=O) groups is 1. The number of nitrogens with two attached hydrogens (primary N) is 1. The third-order valence-electron chi connectivity index (χ3n) is 3.43. The van der Waals surface area contributed by atoms with Gasteiger partial charge in [0.15, 0.2) is 0 Å². The van der Waals surface area contributed by atoms with E-state index in [1.807, 2.05) is 0 Å². The summed E-state index contributed by atoms with van der Waals surface area (Å²) in [5.41, 5.74) is 6.34. The minimum absolute atomic E-state index is 0. The van der Waals surface area contributed by atoms with Crippen LogP contribution in [0.2, 0.25) is 0 Å². The van der Waals surface area contributed by atoms with Crippen molar-refractivity contribution in [3.63, 3.8) is 0 Å². The van der Waals surface area contributed by atoms with Gasteiger partial charge in [-0.1, -0.05) is 0 Å². The summed E-state index contributed by atoms with van der Waals surface area (Å²) >= 11 is 0. The maximum atomic E-state index is 12.3. The molecule has 1 fully saturated rings. The van der Waals surface area contributed by atoms with E-state index in [9.17, 15) is 13.2 Å². The van der Waals surface area contributed by atoms with Gasteiger partial charge < -0.3 is 10.6 Å². The Kier molecular flexibility index (Phi) is 6.15. The fraction of sp³-hybridized carbons (Fsp3) is 0.462. The summed E-state index contributed by atoms with van der Waals surface area (Å²) in [4.78, 5) is 14.1. The first kappa shape index (κ1) is 17.9. The van der Waals surface area contributed by atoms with Gasteiger partial charge in [0.1, 0.15) is 0 Å². The van der Waals surface area contributed by atoms with Gasteiger partial charge in [-0.05, 0) is 44.2 Å². The Morgan fingerprint density at radius 2 is 1.95 bits per heavy atom. The predicted molar refractivity (Wildman–Crippen MR) is 83.0 cm³/mol. The van der Waals surface area contributed by atoms with E-state index in [4.69, 9.17) is 5.73 Å². The van der Waals surface area contributed by atoms with E-state index < -0.39 is 10.0 Å². The van der Waals surface area contributed by atoms with Crippen molar-refractivity contribution in [2.24, 2.45) is 5.73 Å². The predicted octanol–water partition coefficient (Wildman–Crippen LogP) is 0.580. The number of sulfonamides is 1. The van der Waals surface area contributed by atoms with Crippen LogP contribution in [0.4, 0.5) is 0 Å². The van der Waals surface area contributed by atoms with E-state index in [2.05, 4.69) is 4.72 Å². The normalized spacial score (nSPS) is 19.0. The molecule has 118 valence electrons. The molecule has 6 nitrogen and oxygen atoms in total. The van der Waals surface area contributed by atoms with E-state index in [-0.39, 0.29) is 29.3 Å². The number of amides is 1. The summed E-state index contributed by atoms with van der Waals surface area (Å²) < 4.78 is 25.4. The van der Waals surface area contributed by atoms with Crippen molar-refractivity contribution in [2.75, 3.05) is 20.1 Å². The van der Waals surface area contributed by atoms with Gasteiger partial charge in [0.25, 0.3) is 5.91 Å². The minimum Gasteiger partial charge on any atom is -0.337 e. The Morgan fingerprint density at radius 3 is 2.48 bits per heavy atom. The average Bonchev–Trinajstić information content (AvgIpc) is 2.46. The van der Waals surface area contributed by atoms with Crippen LogP contribution in [0.15, 0.2) is 29.2 Å². The number of halogens is 1. The van der Waals surface area contributed by atoms with Crippen molar-refractivity contribution < 1.29 is 13.2 Å². The first-order valence-electron chi connectivity index (χ1n) is 6.52. The zero-order valence-electron chi connectivity index (χ0n) is 11.8. The second-order valence-corrected chi connectivity index (χ2v) is 6.77. The van der Waals surface area contributed by atoms with Gasteiger partial charge in [0.2, 0.25) is 10.0 Å². The van der Waals surface area contributed by atoms with Crippen LogP contribution in [-0.2, 0) is 10.0 Å². The van der Waals surface area contributed by atoms with Crippen molar-refractivity contribution in [2.45, 2.75) is 23.8 Å². The lowest BCUT2D eigenvalue weighted by Crippen LogP contribution is -2.45. The Hall–Kier alpha value is -1.15. The summed E-state index contributed by atoms with van der Waals surface area (Å²) in [7, 11) is -2.12. The average molecular weight is 334 g/mol. The molecule has 3 N–H and O–H groups in total. The van der Waals surface area contributed by atoms with E-state index in [1.165, 1.54) is 31.3 Å². The smallest absolute Gasteiger partial charge is 0.253 e. The van der Waals surface area contributed by atoms with Crippen molar-refractivity contribution in [1.82, 2.24) is 9.62 Å². The first-order valence-corrected chi connectivity index (χ1v) is 8.01. The molecule has 21 heavy (non-hydrogen) atoms. The lowest BCUT2D eigenvalue weighted by Gasteiger charge is -2.30. The van der Waals surface area contributed by atoms with Crippen molar-refractivity contribution in [3.05, 3.63) is 29.8 Å². The highest BCUT2D eigenvalue weighted by Crippen LogP contribution is 2.15. The van der Waals surface area contributed by atoms with Crippen molar-refractivity contribution in [1.29, 1.82) is 0 Å². The molecule has 1 aromatic carbocycles. The van der Waals surface area contributed by atoms with Crippen molar-refractivity contribution >= 4 is 28.3 Å². The Balaban J connectivity index is 0.00000220. The molecule has 0 aliphatic carbocycles. The number of rotatable bonds is 3. The highest BCUT2D eigenvalue weighted by Gasteiger charge is 2.22. The van der Waals surface area contributed by atoms with E-state index in [1.54, 1.807) is 4.90 Å². The molecule has 1 amide bonds. The lowest BCUT2D eigenvalue weighted by molar-refractivity contribution is 0.0708. The molecule has 2 rings (SSSR count). The summed E-state index contributed by atoms with van der Waals surface area (Å²) in [6.07, 6.45) is 1.84. The number of carbonyl (C=O) groups excluding carboxylic acids is 1. The summed E-state index contributed by atoms with van der Waals surface area (Å²) in [5, 5.41) is 0. The van der Waals surface area contributed by atoms with Crippen LogP contribution >= 0.6 is 12.4 Å². The fourth-order valence-corrected chi connectivity index (χ4v) is 3.00. The third kappa shape index (κ3) is 4.16. The van der Waals surface area contributed by atoms with Crippen LogP contribution < -0.4 is 10.5 Å². The molecule has 1 heterocycles. The summed E-state index contributed by atoms with van der Waals surface area (Å²) in [5.74, 6) is -0.103. The molecular formula is C13H20ClN3O3S. The number of benzene rings is 1. The van der Waals surface area contributed by atoms with Crippen molar-refractivity contribution in [3.8, 4) is 0 Å². The van der Waals surface area contributed by atoms with Gasteiger partial charge in [-0.2, -0.15) is 0 Å². The monoisotopic (exact) mass is 333 g/mol. The summed E-state index contributed by atoms with van der Waals surface area (Å²) in [6.45, 7) is 1.25. The van der Waals surface area contributed by atoms with E-state index >= 15 is 0 Å². The quantitative estimate of drug-likeness (QED) is 0.846. The van der Waals surface area contributed by atoms with Gasteiger partial charge in [0, 0.05) is 24.7 Å². The Labute approximate surface area is 131 Å². The van der Waals surface area contributed by atoms with Gasteiger partial charge >= 0.3 is 0 Å². The number of hydrogen-bond donors (Lipinski definition) is 2. The molecule has 1 unspecified atom stereocenters. The number of likely N-dealkylation sites (tertiary alicyclic amines) is 1. The minimum atomic E-state index is -3.47. The summed E-state index contributed by atoms with van der Waals surface area (Å²) in [6, 6.07) is 5.96. The highest BCUT2D eigenvalue weighted by molar-refractivity contribution is 7.89. The standard InChI is InChI=1S/C13H19N3O3S.ClH/c1-15-20(18,19)12-6-4-10(5-7-12)13(17)16-8-2-3-11(14)9-16;/h4-7,11,15H,2-3,8-9,14H2,1H3;1H. The van der Waals surface area contributed by atoms with Crippen LogP contribution in [0.3, 0.4) is 0 Å². The lowest BCUT2D eigenvalue weighted by atomic mass is 10.1. The molecular weight excluding hydrogens is 314 g/mol. The highest BCUT2D eigenvalue weighted by atomic mass is 35.5. The topological polar surface area (TPSA) is 92.5 Å². The molecule has 1 atom stereocenters. The maximum Gasteiger partial charge on any atom is 0.253 e. The van der Waals surface area contributed by atoms with Crippen LogP contribution in [-0.4, -0.2) is 45.4 Å². The van der Waals surface area contributed by atoms with Gasteiger partial charge in [-0.15, -0.1) is 12.4 Å². The Morgan fingerprint density at radius 1 is 1.33 bits per heavy atom. The molecule has 0 radical (unpaired) electrons. The molecule has 1 saturated heterocycles. The van der Waals surface area contributed by atoms with Crippen LogP contribution in [0, 0.1) is 0 Å². The van der Waals surface area contributed by atoms with Gasteiger partial charge in [-0.25, -0.2) is 13.1 Å². The van der Waals surface area contributed by atoms with Gasteiger partial charge in [0.05, 0.1) is 4.90 Å². The van der Waals surface area contributed by atoms with E-state index in [0.29, 0.717) is 18.7 Å². The molecule has 1 aliphatic rings. The molecule has 0 saturated carbocycles. The Bertz CT molecular complexity index is 589. The molecule has 1 aromatic rings. The van der Waals surface area contributed by atoms with E-state index in [0.717, 1.165) is 12.8 Å². The molecule has 0 spiro atoms. The largest absolute Gasteiger partial charge is 0.337 e. The number of hydrogen-bond acceptors (Lipinski definition) is 4.